The third-order valence-electron chi connectivity index (χ3n) is 6.02. The van der Waals surface area contributed by atoms with Crippen molar-refractivity contribution < 1.29 is 19.0 Å². The molecule has 0 unspecified atom stereocenters. The lowest BCUT2D eigenvalue weighted by molar-refractivity contribution is 0.103. The monoisotopic (exact) mass is 484 g/mol. The molecule has 0 spiro atoms. The number of carbonyl (C=O) groups excluding carboxylic acids is 1. The van der Waals surface area contributed by atoms with Gasteiger partial charge in [0.25, 0.3) is 0 Å². The lowest BCUT2D eigenvalue weighted by Crippen LogP contribution is -2.11. The van der Waals surface area contributed by atoms with Crippen molar-refractivity contribution in [3.63, 3.8) is 0 Å². The summed E-state index contributed by atoms with van der Waals surface area (Å²) in [5, 5.41) is 0. The van der Waals surface area contributed by atoms with Crippen molar-refractivity contribution in [3.8, 4) is 28.4 Å². The van der Waals surface area contributed by atoms with Crippen LogP contribution in [0.3, 0.4) is 0 Å². The van der Waals surface area contributed by atoms with Crippen LogP contribution < -0.4 is 19.9 Å². The number of methoxy groups -OCH3 is 2. The number of nitrogens with two attached hydrogens (primary N) is 1. The molecule has 1 aromatic heterocycles. The zero-order valence-electron chi connectivity index (χ0n) is 21.2. The highest BCUT2D eigenvalue weighted by Crippen LogP contribution is 2.33. The number of ether oxygens (including phenoxy) is 3. The average Bonchev–Trinajstić information content (AvgIpc) is 3.33. The first-order valence-electron chi connectivity index (χ1n) is 12.0. The summed E-state index contributed by atoms with van der Waals surface area (Å²) < 4.78 is 18.4. The lowest BCUT2D eigenvalue weighted by Gasteiger charge is -2.14. The van der Waals surface area contributed by atoms with Crippen LogP contribution in [-0.2, 0) is 13.0 Å². The summed E-state index contributed by atoms with van der Waals surface area (Å²) in [6.45, 7) is 4.58. The van der Waals surface area contributed by atoms with Crippen LogP contribution in [0.5, 0.6) is 17.2 Å². The molecule has 0 aliphatic rings. The zero-order chi connectivity index (χ0) is 25.7. The topological polar surface area (TPSA) is 75.7 Å². The third kappa shape index (κ3) is 5.54. The van der Waals surface area contributed by atoms with Crippen LogP contribution in [-0.4, -0.2) is 30.7 Å². The van der Waals surface area contributed by atoms with Gasteiger partial charge in [0.1, 0.15) is 17.2 Å². The van der Waals surface area contributed by atoms with Gasteiger partial charge in [-0.2, -0.15) is 0 Å². The van der Waals surface area contributed by atoms with Gasteiger partial charge in [0.15, 0.2) is 5.78 Å². The molecular formula is C30H32N2O4. The van der Waals surface area contributed by atoms with Crippen molar-refractivity contribution in [3.05, 3.63) is 95.8 Å². The van der Waals surface area contributed by atoms with Gasteiger partial charge in [-0.05, 0) is 67.8 Å². The molecule has 0 saturated carbocycles. The highest BCUT2D eigenvalue weighted by atomic mass is 16.5. The summed E-state index contributed by atoms with van der Waals surface area (Å²) in [6, 6.07) is 21.1. The van der Waals surface area contributed by atoms with Crippen LogP contribution in [0.4, 0.5) is 5.69 Å². The molecule has 0 radical (unpaired) electrons. The molecule has 3 aromatic carbocycles. The molecule has 4 aromatic rings. The summed E-state index contributed by atoms with van der Waals surface area (Å²) in [6.07, 6.45) is 4.68. The number of anilines is 1. The van der Waals surface area contributed by atoms with E-state index < -0.39 is 0 Å². The fraction of sp³-hybridized carbons (Fsp3) is 0.233. The van der Waals surface area contributed by atoms with E-state index in [0.29, 0.717) is 22.6 Å². The third-order valence-corrected chi connectivity index (χ3v) is 6.02. The molecule has 6 heteroatoms. The molecule has 0 aliphatic heterocycles. The van der Waals surface area contributed by atoms with Gasteiger partial charge >= 0.3 is 0 Å². The number of rotatable bonds is 10. The van der Waals surface area contributed by atoms with Crippen molar-refractivity contribution in [2.45, 2.75) is 32.9 Å². The maximum absolute atomic E-state index is 13.8. The Balaban J connectivity index is 1.69. The molecule has 36 heavy (non-hydrogen) atoms. The number of nitrogens with zero attached hydrogens (tertiary/aromatic N) is 1. The highest BCUT2D eigenvalue weighted by Gasteiger charge is 2.21. The number of nitrogen functional groups attached to an aromatic ring is 1. The Bertz CT molecular complexity index is 1320. The molecule has 0 amide bonds. The fourth-order valence-corrected chi connectivity index (χ4v) is 4.11. The SMILES string of the molecule is COc1ccc(CCn2cc(C(=O)c3cccc(OC(C)C)c3N)c(-c3ccc(OC)cc3)c2)cc1. The van der Waals surface area contributed by atoms with E-state index in [1.165, 1.54) is 5.56 Å². The van der Waals surface area contributed by atoms with E-state index in [0.717, 1.165) is 35.6 Å². The predicted octanol–water partition coefficient (Wildman–Crippen LogP) is 6.02. The Morgan fingerprint density at radius 1 is 0.861 bits per heavy atom. The van der Waals surface area contributed by atoms with Crippen LogP contribution in [0.2, 0.25) is 0 Å². The molecule has 0 aliphatic carbocycles. The highest BCUT2D eigenvalue weighted by molar-refractivity contribution is 6.16. The molecule has 1 heterocycles. The number of hydrogen-bond donors (Lipinski definition) is 1. The minimum atomic E-state index is -0.143. The molecule has 2 N–H and O–H groups in total. The number of hydrogen-bond acceptors (Lipinski definition) is 5. The number of aromatic nitrogens is 1. The Kier molecular flexibility index (Phi) is 7.64. The number of carbonyl (C=O) groups is 1. The normalized spacial score (nSPS) is 10.9. The number of para-hydroxylation sites is 1. The summed E-state index contributed by atoms with van der Waals surface area (Å²) in [5.41, 5.74) is 10.7. The molecular weight excluding hydrogens is 452 g/mol. The maximum atomic E-state index is 13.8. The molecule has 4 rings (SSSR count). The zero-order valence-corrected chi connectivity index (χ0v) is 21.2. The van der Waals surface area contributed by atoms with Gasteiger partial charge in [-0.15, -0.1) is 0 Å². The summed E-state index contributed by atoms with van der Waals surface area (Å²) in [5.74, 6) is 1.96. The van der Waals surface area contributed by atoms with E-state index in [4.69, 9.17) is 19.9 Å². The summed E-state index contributed by atoms with van der Waals surface area (Å²) in [4.78, 5) is 13.8. The Labute approximate surface area is 212 Å². The average molecular weight is 485 g/mol. The van der Waals surface area contributed by atoms with E-state index >= 15 is 0 Å². The summed E-state index contributed by atoms with van der Waals surface area (Å²) >= 11 is 0. The standard InChI is InChI=1S/C30H32N2O4/c1-20(2)36-28-7-5-6-25(29(28)31)30(33)27-19-32(17-16-21-8-12-23(34-3)13-9-21)18-26(27)22-10-14-24(35-4)15-11-22/h5-15,18-20H,16-17,31H2,1-4H3. The Morgan fingerprint density at radius 3 is 2.11 bits per heavy atom. The first-order valence-corrected chi connectivity index (χ1v) is 12.0. The van der Waals surface area contributed by atoms with Crippen molar-refractivity contribution in [2.75, 3.05) is 20.0 Å². The molecule has 0 atom stereocenters. The first kappa shape index (κ1) is 24.9. The predicted molar refractivity (Wildman–Crippen MR) is 143 cm³/mol. The van der Waals surface area contributed by atoms with Crippen molar-refractivity contribution >= 4 is 11.5 Å². The number of aryl methyl sites for hydroxylation is 2. The maximum Gasteiger partial charge on any atom is 0.197 e. The van der Waals surface area contributed by atoms with Gasteiger partial charge in [-0.1, -0.05) is 30.3 Å². The van der Waals surface area contributed by atoms with Crippen LogP contribution >= 0.6 is 0 Å². The smallest absolute Gasteiger partial charge is 0.197 e. The first-order chi connectivity index (χ1) is 17.4. The van der Waals surface area contributed by atoms with Gasteiger partial charge in [0, 0.05) is 35.6 Å². The van der Waals surface area contributed by atoms with Gasteiger partial charge in [0.05, 0.1) is 26.0 Å². The molecule has 0 saturated heterocycles. The van der Waals surface area contributed by atoms with E-state index in [2.05, 4.69) is 16.7 Å². The molecule has 0 fully saturated rings. The molecule has 6 nitrogen and oxygen atoms in total. The van der Waals surface area contributed by atoms with E-state index in [9.17, 15) is 4.79 Å². The van der Waals surface area contributed by atoms with Crippen molar-refractivity contribution in [1.29, 1.82) is 0 Å². The van der Waals surface area contributed by atoms with E-state index in [1.807, 2.05) is 62.6 Å². The van der Waals surface area contributed by atoms with E-state index in [-0.39, 0.29) is 11.9 Å². The quantitative estimate of drug-likeness (QED) is 0.220. The molecule has 0 bridgehead atoms. The van der Waals surface area contributed by atoms with Crippen molar-refractivity contribution in [1.82, 2.24) is 4.57 Å². The van der Waals surface area contributed by atoms with Gasteiger partial charge in [-0.25, -0.2) is 0 Å². The lowest BCUT2D eigenvalue weighted by atomic mass is 9.97. The second-order valence-electron chi connectivity index (χ2n) is 8.86. The van der Waals surface area contributed by atoms with Crippen LogP contribution in [0, 0.1) is 0 Å². The van der Waals surface area contributed by atoms with Crippen molar-refractivity contribution in [2.24, 2.45) is 0 Å². The minimum Gasteiger partial charge on any atom is -0.497 e. The van der Waals surface area contributed by atoms with Crippen LogP contribution in [0.1, 0.15) is 35.3 Å². The van der Waals surface area contributed by atoms with Gasteiger partial charge in [0.2, 0.25) is 0 Å². The minimum absolute atomic E-state index is 0.0495. The number of ketones is 1. The van der Waals surface area contributed by atoms with Gasteiger partial charge in [-0.3, -0.25) is 4.79 Å². The second-order valence-corrected chi connectivity index (χ2v) is 8.86. The van der Waals surface area contributed by atoms with E-state index in [1.54, 1.807) is 32.4 Å². The largest absolute Gasteiger partial charge is 0.497 e. The Morgan fingerprint density at radius 2 is 1.50 bits per heavy atom. The van der Waals surface area contributed by atoms with Gasteiger partial charge < -0.3 is 24.5 Å². The number of benzene rings is 3. The fourth-order valence-electron chi connectivity index (χ4n) is 4.11. The molecule has 186 valence electrons. The van der Waals surface area contributed by atoms with Crippen LogP contribution in [0.15, 0.2) is 79.1 Å². The Hall–Kier alpha value is -4.19. The second kappa shape index (κ2) is 11.0. The van der Waals surface area contributed by atoms with Crippen LogP contribution in [0.25, 0.3) is 11.1 Å². The summed E-state index contributed by atoms with van der Waals surface area (Å²) in [7, 11) is 3.29.